The van der Waals surface area contributed by atoms with E-state index >= 15 is 0 Å². The number of aromatic nitrogens is 4. The standard InChI is InChI=1S/C15H22N6O/c1-12(2)8-20(10-14(16)22)11-15-17-18-19-21(15)9-13-6-4-3-5-7-13/h3-7,12H,8-11H2,1-2H3,(H2,16,22). The van der Waals surface area contributed by atoms with E-state index in [1.165, 1.54) is 0 Å². The molecule has 0 aliphatic carbocycles. The van der Waals surface area contributed by atoms with Crippen molar-refractivity contribution in [3.63, 3.8) is 0 Å². The minimum atomic E-state index is -0.345. The quantitative estimate of drug-likeness (QED) is 0.774. The van der Waals surface area contributed by atoms with Crippen LogP contribution < -0.4 is 5.73 Å². The van der Waals surface area contributed by atoms with Crippen molar-refractivity contribution in [3.8, 4) is 0 Å². The molecule has 2 rings (SSSR count). The zero-order valence-electron chi connectivity index (χ0n) is 13.0. The van der Waals surface area contributed by atoms with E-state index in [4.69, 9.17) is 5.73 Å². The lowest BCUT2D eigenvalue weighted by molar-refractivity contribution is -0.119. The number of nitrogens with two attached hydrogens (primary N) is 1. The Labute approximate surface area is 130 Å². The monoisotopic (exact) mass is 302 g/mol. The highest BCUT2D eigenvalue weighted by Crippen LogP contribution is 2.07. The first-order valence-electron chi connectivity index (χ1n) is 7.34. The molecule has 0 atom stereocenters. The summed E-state index contributed by atoms with van der Waals surface area (Å²) in [6, 6.07) is 10.00. The zero-order valence-corrected chi connectivity index (χ0v) is 13.0. The number of carbonyl (C=O) groups is 1. The zero-order chi connectivity index (χ0) is 15.9. The molecular weight excluding hydrogens is 280 g/mol. The average molecular weight is 302 g/mol. The Hall–Kier alpha value is -2.28. The van der Waals surface area contributed by atoms with Gasteiger partial charge < -0.3 is 5.73 Å². The summed E-state index contributed by atoms with van der Waals surface area (Å²) in [6.45, 7) is 6.27. The van der Waals surface area contributed by atoms with Gasteiger partial charge in [-0.05, 0) is 21.9 Å². The van der Waals surface area contributed by atoms with E-state index < -0.39 is 0 Å². The molecule has 22 heavy (non-hydrogen) atoms. The molecule has 0 bridgehead atoms. The van der Waals surface area contributed by atoms with Gasteiger partial charge in [-0.25, -0.2) is 4.68 Å². The number of hydrogen-bond acceptors (Lipinski definition) is 5. The van der Waals surface area contributed by atoms with Crippen molar-refractivity contribution < 1.29 is 4.79 Å². The van der Waals surface area contributed by atoms with Crippen LogP contribution in [0.1, 0.15) is 25.2 Å². The first-order valence-corrected chi connectivity index (χ1v) is 7.34. The van der Waals surface area contributed by atoms with Crippen molar-refractivity contribution in [2.75, 3.05) is 13.1 Å². The number of primary amides is 1. The van der Waals surface area contributed by atoms with Gasteiger partial charge in [-0.3, -0.25) is 9.69 Å². The first kappa shape index (κ1) is 16.1. The number of amides is 1. The summed E-state index contributed by atoms with van der Waals surface area (Å²) in [5.41, 5.74) is 6.45. The van der Waals surface area contributed by atoms with Gasteiger partial charge in [0.2, 0.25) is 5.91 Å². The van der Waals surface area contributed by atoms with Crippen LogP contribution in [0.15, 0.2) is 30.3 Å². The maximum Gasteiger partial charge on any atom is 0.231 e. The van der Waals surface area contributed by atoms with Crippen LogP contribution in [-0.4, -0.2) is 44.1 Å². The number of hydrogen-bond donors (Lipinski definition) is 1. The molecule has 0 spiro atoms. The second kappa shape index (κ2) is 7.65. The molecule has 7 heteroatoms. The predicted octanol–water partition coefficient (Wildman–Crippen LogP) is 0.665. The Morgan fingerprint density at radius 3 is 2.68 bits per heavy atom. The molecular formula is C15H22N6O. The first-order chi connectivity index (χ1) is 10.5. The van der Waals surface area contributed by atoms with Gasteiger partial charge in [-0.15, -0.1) is 5.10 Å². The van der Waals surface area contributed by atoms with Crippen LogP contribution in [-0.2, 0) is 17.9 Å². The minimum Gasteiger partial charge on any atom is -0.369 e. The molecule has 0 fully saturated rings. The molecule has 0 aliphatic heterocycles. The lowest BCUT2D eigenvalue weighted by Crippen LogP contribution is -2.36. The number of tetrazole rings is 1. The number of benzene rings is 1. The molecule has 1 aromatic heterocycles. The largest absolute Gasteiger partial charge is 0.369 e. The third kappa shape index (κ3) is 4.92. The molecule has 7 nitrogen and oxygen atoms in total. The fourth-order valence-electron chi connectivity index (χ4n) is 2.34. The van der Waals surface area contributed by atoms with E-state index in [1.807, 2.05) is 35.2 Å². The van der Waals surface area contributed by atoms with E-state index in [0.717, 1.165) is 17.9 Å². The molecule has 118 valence electrons. The van der Waals surface area contributed by atoms with Gasteiger partial charge in [0.25, 0.3) is 0 Å². The summed E-state index contributed by atoms with van der Waals surface area (Å²) in [6.07, 6.45) is 0. The van der Waals surface area contributed by atoms with Crippen LogP contribution in [0.4, 0.5) is 0 Å². The van der Waals surface area contributed by atoms with Gasteiger partial charge in [0.1, 0.15) is 0 Å². The normalized spacial score (nSPS) is 11.3. The van der Waals surface area contributed by atoms with Crippen LogP contribution in [0.3, 0.4) is 0 Å². The maximum atomic E-state index is 11.2. The van der Waals surface area contributed by atoms with Gasteiger partial charge in [0.05, 0.1) is 19.6 Å². The summed E-state index contributed by atoms with van der Waals surface area (Å²) < 4.78 is 1.75. The fourth-order valence-corrected chi connectivity index (χ4v) is 2.34. The van der Waals surface area contributed by atoms with Crippen molar-refractivity contribution in [2.24, 2.45) is 11.7 Å². The van der Waals surface area contributed by atoms with Gasteiger partial charge >= 0.3 is 0 Å². The van der Waals surface area contributed by atoms with Crippen LogP contribution in [0.25, 0.3) is 0 Å². The van der Waals surface area contributed by atoms with E-state index in [-0.39, 0.29) is 12.5 Å². The van der Waals surface area contributed by atoms with E-state index in [1.54, 1.807) is 4.68 Å². The summed E-state index contributed by atoms with van der Waals surface area (Å²) in [5, 5.41) is 11.9. The Bertz CT molecular complexity index is 595. The molecule has 2 aromatic rings. The van der Waals surface area contributed by atoms with Crippen molar-refractivity contribution >= 4 is 5.91 Å². The molecule has 1 aromatic carbocycles. The SMILES string of the molecule is CC(C)CN(CC(N)=O)Cc1nnnn1Cc1ccccc1. The average Bonchev–Trinajstić information content (AvgIpc) is 2.85. The van der Waals surface area contributed by atoms with Gasteiger partial charge in [0, 0.05) is 6.54 Å². The van der Waals surface area contributed by atoms with E-state index in [2.05, 4.69) is 29.4 Å². The molecule has 1 amide bonds. The molecule has 0 saturated carbocycles. The highest BCUT2D eigenvalue weighted by molar-refractivity contribution is 5.75. The fraction of sp³-hybridized carbons (Fsp3) is 0.467. The molecule has 2 N–H and O–H groups in total. The third-order valence-electron chi connectivity index (χ3n) is 3.15. The number of nitrogens with zero attached hydrogens (tertiary/aromatic N) is 5. The number of carbonyl (C=O) groups excluding carboxylic acids is 1. The molecule has 0 radical (unpaired) electrons. The number of rotatable bonds is 8. The summed E-state index contributed by atoms with van der Waals surface area (Å²) in [4.78, 5) is 13.2. The van der Waals surface area contributed by atoms with Crippen LogP contribution >= 0.6 is 0 Å². The Morgan fingerprint density at radius 1 is 1.32 bits per heavy atom. The predicted molar refractivity (Wildman–Crippen MR) is 82.7 cm³/mol. The molecule has 0 saturated heterocycles. The lowest BCUT2D eigenvalue weighted by atomic mass is 10.2. The van der Waals surface area contributed by atoms with Crippen molar-refractivity contribution in [3.05, 3.63) is 41.7 Å². The van der Waals surface area contributed by atoms with Crippen LogP contribution in [0.5, 0.6) is 0 Å². The summed E-state index contributed by atoms with van der Waals surface area (Å²) >= 11 is 0. The van der Waals surface area contributed by atoms with Gasteiger partial charge in [0.15, 0.2) is 5.82 Å². The van der Waals surface area contributed by atoms with Crippen LogP contribution in [0.2, 0.25) is 0 Å². The molecule has 0 unspecified atom stereocenters. The van der Waals surface area contributed by atoms with Crippen LogP contribution in [0, 0.1) is 5.92 Å². The molecule has 1 heterocycles. The second-order valence-electron chi connectivity index (χ2n) is 5.77. The highest BCUT2D eigenvalue weighted by atomic mass is 16.1. The van der Waals surface area contributed by atoms with Crippen molar-refractivity contribution in [1.29, 1.82) is 0 Å². The molecule has 0 aliphatic rings. The topological polar surface area (TPSA) is 89.9 Å². The van der Waals surface area contributed by atoms with Gasteiger partial charge in [-0.2, -0.15) is 0 Å². The van der Waals surface area contributed by atoms with Crippen molar-refractivity contribution in [1.82, 2.24) is 25.1 Å². The summed E-state index contributed by atoms with van der Waals surface area (Å²) in [7, 11) is 0. The Balaban J connectivity index is 2.08. The smallest absolute Gasteiger partial charge is 0.231 e. The van der Waals surface area contributed by atoms with E-state index in [0.29, 0.717) is 19.0 Å². The summed E-state index contributed by atoms with van der Waals surface area (Å²) in [5.74, 6) is 0.811. The second-order valence-corrected chi connectivity index (χ2v) is 5.77. The third-order valence-corrected chi connectivity index (χ3v) is 3.15. The maximum absolute atomic E-state index is 11.2. The van der Waals surface area contributed by atoms with Gasteiger partial charge in [-0.1, -0.05) is 44.2 Å². The minimum absolute atomic E-state index is 0.205. The lowest BCUT2D eigenvalue weighted by Gasteiger charge is -2.22. The Morgan fingerprint density at radius 2 is 2.05 bits per heavy atom. The highest BCUT2D eigenvalue weighted by Gasteiger charge is 2.15. The van der Waals surface area contributed by atoms with E-state index in [9.17, 15) is 4.79 Å². The van der Waals surface area contributed by atoms with Crippen molar-refractivity contribution in [2.45, 2.75) is 26.9 Å². The Kier molecular flexibility index (Phi) is 5.60.